The maximum Gasteiger partial charge on any atom is 0.280 e. The highest BCUT2D eigenvalue weighted by Crippen LogP contribution is 2.27. The smallest absolute Gasteiger partial charge is 0.280 e. The summed E-state index contributed by atoms with van der Waals surface area (Å²) in [5.41, 5.74) is 7.28. The SMILES string of the molecule is CCC(C)C(NC(=O)C(NC)C(C)(C)c1ccccc1)C(=O)N(C)CCCc1nc(C(=O)NSc2ccc(N)cc2)cs1. The molecule has 3 aromatic rings. The van der Waals surface area contributed by atoms with Crippen molar-refractivity contribution in [1.29, 1.82) is 0 Å². The number of amides is 3. The number of aromatic nitrogens is 1. The van der Waals surface area contributed by atoms with Crippen LogP contribution in [0.25, 0.3) is 0 Å². The Hall–Kier alpha value is -3.41. The van der Waals surface area contributed by atoms with E-state index in [-0.39, 0.29) is 23.6 Å². The van der Waals surface area contributed by atoms with E-state index in [2.05, 4.69) is 20.3 Å². The third-order valence-electron chi connectivity index (χ3n) is 7.75. The summed E-state index contributed by atoms with van der Waals surface area (Å²) < 4.78 is 2.80. The minimum Gasteiger partial charge on any atom is -0.399 e. The lowest BCUT2D eigenvalue weighted by Crippen LogP contribution is -2.59. The van der Waals surface area contributed by atoms with Crippen LogP contribution in [0.5, 0.6) is 0 Å². The predicted octanol–water partition coefficient (Wildman–Crippen LogP) is 4.65. The van der Waals surface area contributed by atoms with Gasteiger partial charge in [-0.15, -0.1) is 11.3 Å². The minimum absolute atomic E-state index is 0.0395. The van der Waals surface area contributed by atoms with Crippen LogP contribution in [0, 0.1) is 5.92 Å². The quantitative estimate of drug-likeness (QED) is 0.143. The lowest BCUT2D eigenvalue weighted by atomic mass is 9.77. The Bertz CT molecular complexity index is 1350. The van der Waals surface area contributed by atoms with Gasteiger partial charge in [0.2, 0.25) is 11.8 Å². The summed E-state index contributed by atoms with van der Waals surface area (Å²) in [6.07, 6.45) is 2.06. The first-order valence-electron chi connectivity index (χ1n) is 14.5. The average Bonchev–Trinajstić information content (AvgIpc) is 3.48. The number of hydrogen-bond acceptors (Lipinski definition) is 8. The molecule has 0 aliphatic heterocycles. The monoisotopic (exact) mass is 624 g/mol. The summed E-state index contributed by atoms with van der Waals surface area (Å²) in [4.78, 5) is 46.7. The fourth-order valence-electron chi connectivity index (χ4n) is 4.81. The largest absolute Gasteiger partial charge is 0.399 e. The van der Waals surface area contributed by atoms with Gasteiger partial charge in [-0.2, -0.15) is 0 Å². The normalized spacial score (nSPS) is 13.5. The number of carbonyl (C=O) groups is 3. The number of hydrogen-bond donors (Lipinski definition) is 4. The summed E-state index contributed by atoms with van der Waals surface area (Å²) in [5, 5.41) is 8.82. The fourth-order valence-corrected chi connectivity index (χ4v) is 6.22. The minimum atomic E-state index is -0.640. The molecule has 1 heterocycles. The number of aryl methyl sites for hydroxylation is 1. The number of likely N-dealkylation sites (N-methyl/N-ethyl adjacent to an activating group) is 2. The number of nitrogens with one attached hydrogen (secondary N) is 3. The first-order chi connectivity index (χ1) is 20.5. The number of nitrogens with two attached hydrogens (primary N) is 1. The third-order valence-corrected chi connectivity index (χ3v) is 9.46. The van der Waals surface area contributed by atoms with Gasteiger partial charge in [0.25, 0.3) is 5.91 Å². The van der Waals surface area contributed by atoms with E-state index in [1.54, 1.807) is 36.5 Å². The highest BCUT2D eigenvalue weighted by Gasteiger charge is 2.38. The maximum atomic E-state index is 13.6. The first-order valence-corrected chi connectivity index (χ1v) is 16.2. The van der Waals surface area contributed by atoms with Crippen LogP contribution in [0.1, 0.15) is 61.6 Å². The van der Waals surface area contributed by atoms with Gasteiger partial charge < -0.3 is 21.3 Å². The molecule has 0 aliphatic carbocycles. The van der Waals surface area contributed by atoms with Crippen molar-refractivity contribution < 1.29 is 14.4 Å². The van der Waals surface area contributed by atoms with Crippen molar-refractivity contribution in [2.24, 2.45) is 5.92 Å². The van der Waals surface area contributed by atoms with E-state index >= 15 is 0 Å². The zero-order valence-corrected chi connectivity index (χ0v) is 27.5. The Morgan fingerprint density at radius 3 is 2.40 bits per heavy atom. The summed E-state index contributed by atoms with van der Waals surface area (Å²) >= 11 is 2.64. The van der Waals surface area contributed by atoms with Gasteiger partial charge in [-0.1, -0.05) is 64.4 Å². The number of thiazole rings is 1. The fraction of sp³-hybridized carbons (Fsp3) is 0.438. The Labute approximate surface area is 263 Å². The van der Waals surface area contributed by atoms with Gasteiger partial charge in [0.15, 0.2) is 0 Å². The number of rotatable bonds is 15. The summed E-state index contributed by atoms with van der Waals surface area (Å²) in [7, 11) is 3.54. The molecule has 5 N–H and O–H groups in total. The molecule has 3 unspecified atom stereocenters. The Kier molecular flexibility index (Phi) is 12.6. The molecular formula is C32H44N6O3S2. The van der Waals surface area contributed by atoms with Gasteiger partial charge in [0.1, 0.15) is 11.7 Å². The molecule has 3 rings (SSSR count). The Balaban J connectivity index is 1.55. The van der Waals surface area contributed by atoms with Gasteiger partial charge in [-0.05, 0) is 61.2 Å². The predicted molar refractivity (Wildman–Crippen MR) is 176 cm³/mol. The standard InChI is InChI=1S/C32H44N6O3S2/c1-7-21(2)27(36-30(40)28(34-5)32(3,4)22-12-9-8-10-13-22)31(41)38(6)19-11-14-26-35-25(20-42-26)29(39)37-43-24-17-15-23(33)16-18-24/h8-10,12-13,15-18,20-21,27-28,34H,7,11,14,19,33H2,1-6H3,(H,36,40)(H,37,39). The first kappa shape index (κ1) is 34.1. The van der Waals surface area contributed by atoms with Gasteiger partial charge >= 0.3 is 0 Å². The van der Waals surface area contributed by atoms with Crippen molar-refractivity contribution >= 4 is 46.7 Å². The molecule has 0 spiro atoms. The molecule has 3 atom stereocenters. The van der Waals surface area contributed by atoms with E-state index in [0.29, 0.717) is 30.8 Å². The van der Waals surface area contributed by atoms with E-state index in [4.69, 9.17) is 5.73 Å². The lowest BCUT2D eigenvalue weighted by molar-refractivity contribution is -0.137. The molecule has 0 saturated heterocycles. The molecule has 0 radical (unpaired) electrons. The molecule has 1 aromatic heterocycles. The van der Waals surface area contributed by atoms with Crippen LogP contribution in [-0.4, -0.2) is 60.3 Å². The molecule has 0 fully saturated rings. The van der Waals surface area contributed by atoms with Crippen LogP contribution in [0.4, 0.5) is 5.69 Å². The van der Waals surface area contributed by atoms with Crippen LogP contribution in [-0.2, 0) is 21.4 Å². The van der Waals surface area contributed by atoms with E-state index in [0.717, 1.165) is 21.9 Å². The van der Waals surface area contributed by atoms with Crippen molar-refractivity contribution in [2.75, 3.05) is 26.4 Å². The Morgan fingerprint density at radius 2 is 1.77 bits per heavy atom. The molecule has 43 heavy (non-hydrogen) atoms. The number of anilines is 1. The van der Waals surface area contributed by atoms with E-state index in [1.165, 1.54) is 23.3 Å². The molecule has 2 aromatic carbocycles. The second kappa shape index (κ2) is 15.9. The molecular weight excluding hydrogens is 581 g/mol. The van der Waals surface area contributed by atoms with Crippen molar-refractivity contribution in [2.45, 2.75) is 69.4 Å². The highest BCUT2D eigenvalue weighted by molar-refractivity contribution is 7.98. The highest BCUT2D eigenvalue weighted by atomic mass is 32.2. The zero-order chi connectivity index (χ0) is 31.6. The second-order valence-electron chi connectivity index (χ2n) is 11.3. The second-order valence-corrected chi connectivity index (χ2v) is 13.1. The third kappa shape index (κ3) is 9.29. The Morgan fingerprint density at radius 1 is 1.09 bits per heavy atom. The van der Waals surface area contributed by atoms with Crippen LogP contribution >= 0.6 is 23.3 Å². The van der Waals surface area contributed by atoms with E-state index in [1.807, 2.05) is 70.2 Å². The van der Waals surface area contributed by atoms with E-state index in [9.17, 15) is 14.4 Å². The topological polar surface area (TPSA) is 129 Å². The summed E-state index contributed by atoms with van der Waals surface area (Å²) in [6.45, 7) is 8.57. The number of nitrogen functional groups attached to an aromatic ring is 1. The van der Waals surface area contributed by atoms with Crippen LogP contribution in [0.3, 0.4) is 0 Å². The van der Waals surface area contributed by atoms with Crippen molar-refractivity contribution in [1.82, 2.24) is 25.2 Å². The number of benzene rings is 2. The molecule has 9 nitrogen and oxygen atoms in total. The van der Waals surface area contributed by atoms with Crippen LogP contribution in [0.2, 0.25) is 0 Å². The summed E-state index contributed by atoms with van der Waals surface area (Å²) in [5.74, 6) is -0.623. The van der Waals surface area contributed by atoms with Crippen molar-refractivity contribution in [3.05, 3.63) is 76.2 Å². The van der Waals surface area contributed by atoms with Gasteiger partial charge in [0, 0.05) is 41.4 Å². The van der Waals surface area contributed by atoms with Crippen molar-refractivity contribution in [3.63, 3.8) is 0 Å². The molecule has 0 bridgehead atoms. The zero-order valence-electron chi connectivity index (χ0n) is 25.8. The summed E-state index contributed by atoms with van der Waals surface area (Å²) in [6, 6.07) is 16.0. The average molecular weight is 625 g/mol. The van der Waals surface area contributed by atoms with Gasteiger partial charge in [-0.25, -0.2) is 4.98 Å². The van der Waals surface area contributed by atoms with Crippen LogP contribution < -0.4 is 21.1 Å². The molecule has 3 amide bonds. The molecule has 0 aliphatic rings. The molecule has 11 heteroatoms. The van der Waals surface area contributed by atoms with E-state index < -0.39 is 17.5 Å². The molecule has 0 saturated carbocycles. The number of carbonyl (C=O) groups excluding carboxylic acids is 3. The maximum absolute atomic E-state index is 13.6. The van der Waals surface area contributed by atoms with Crippen molar-refractivity contribution in [3.8, 4) is 0 Å². The van der Waals surface area contributed by atoms with Crippen LogP contribution in [0.15, 0.2) is 64.9 Å². The number of nitrogens with zero attached hydrogens (tertiary/aromatic N) is 2. The van der Waals surface area contributed by atoms with Gasteiger partial charge in [-0.3, -0.25) is 19.1 Å². The van der Waals surface area contributed by atoms with Gasteiger partial charge in [0.05, 0.1) is 11.0 Å². The molecule has 232 valence electrons. The lowest BCUT2D eigenvalue weighted by Gasteiger charge is -2.36.